The number of carbonyl (C=O) groups excluding carboxylic acids is 1. The summed E-state index contributed by atoms with van der Waals surface area (Å²) in [5, 5.41) is 0. The Morgan fingerprint density at radius 1 is 0.939 bits per heavy atom. The number of benzene rings is 2. The highest BCUT2D eigenvalue weighted by atomic mass is 19.1. The highest BCUT2D eigenvalue weighted by Crippen LogP contribution is 2.26. The van der Waals surface area contributed by atoms with Crippen LogP contribution in [0, 0.1) is 11.6 Å². The predicted molar refractivity (Wildman–Crippen MR) is 121 cm³/mol. The lowest BCUT2D eigenvalue weighted by Gasteiger charge is -2.34. The Bertz CT molecular complexity index is 997. The van der Waals surface area contributed by atoms with E-state index >= 15 is 0 Å². The Kier molecular flexibility index (Phi) is 7.65. The second kappa shape index (κ2) is 11.0. The van der Waals surface area contributed by atoms with Gasteiger partial charge in [-0.25, -0.2) is 8.78 Å². The molecule has 1 aliphatic rings. The summed E-state index contributed by atoms with van der Waals surface area (Å²) in [6.07, 6.45) is 4.36. The van der Waals surface area contributed by atoms with E-state index in [0.29, 0.717) is 32.0 Å². The summed E-state index contributed by atoms with van der Waals surface area (Å²) in [5.41, 5.74) is 1.61. The Balaban J connectivity index is 1.28. The van der Waals surface area contributed by atoms with E-state index in [4.69, 9.17) is 9.15 Å². The standard InChI is InChI=1S/C26H26F2N2O3/c27-22-7-3-20(4-8-22)26(21-5-9-23(28)10-6-21)33-19-17-29-13-15-30(16-14-29)25(31)12-11-24-2-1-18-32-24/h1-12,18,26H,13-17,19H2/b12-11+. The summed E-state index contributed by atoms with van der Waals surface area (Å²) >= 11 is 0. The molecule has 1 amide bonds. The van der Waals surface area contributed by atoms with Crippen LogP contribution in [0.15, 0.2) is 77.4 Å². The first-order valence-corrected chi connectivity index (χ1v) is 10.9. The lowest BCUT2D eigenvalue weighted by Crippen LogP contribution is -2.49. The average molecular weight is 453 g/mol. The van der Waals surface area contributed by atoms with E-state index < -0.39 is 6.10 Å². The smallest absolute Gasteiger partial charge is 0.246 e. The third-order valence-corrected chi connectivity index (χ3v) is 5.65. The number of piperazine rings is 1. The number of hydrogen-bond acceptors (Lipinski definition) is 4. The number of ether oxygens (including phenoxy) is 1. The molecule has 172 valence electrons. The van der Waals surface area contributed by atoms with E-state index in [0.717, 1.165) is 24.2 Å². The van der Waals surface area contributed by atoms with E-state index in [9.17, 15) is 13.6 Å². The van der Waals surface area contributed by atoms with Crippen LogP contribution in [-0.4, -0.2) is 55.0 Å². The van der Waals surface area contributed by atoms with Crippen molar-refractivity contribution in [3.05, 3.63) is 102 Å². The van der Waals surface area contributed by atoms with Crippen molar-refractivity contribution in [2.75, 3.05) is 39.3 Å². The SMILES string of the molecule is O=C(/C=C/c1ccco1)N1CCN(CCOC(c2ccc(F)cc2)c2ccc(F)cc2)CC1. The van der Waals surface area contributed by atoms with E-state index in [1.165, 1.54) is 30.3 Å². The van der Waals surface area contributed by atoms with Gasteiger partial charge in [-0.15, -0.1) is 0 Å². The van der Waals surface area contributed by atoms with Crippen molar-refractivity contribution >= 4 is 12.0 Å². The molecule has 0 N–H and O–H groups in total. The van der Waals surface area contributed by atoms with Gasteiger partial charge in [-0.05, 0) is 53.6 Å². The van der Waals surface area contributed by atoms with Crippen molar-refractivity contribution in [3.8, 4) is 0 Å². The molecule has 4 rings (SSSR count). The molecule has 0 saturated carbocycles. The van der Waals surface area contributed by atoms with Crippen molar-refractivity contribution in [2.45, 2.75) is 6.10 Å². The predicted octanol–water partition coefficient (Wildman–Crippen LogP) is 4.52. The molecular formula is C26H26F2N2O3. The number of amides is 1. The summed E-state index contributed by atoms with van der Waals surface area (Å²) in [7, 11) is 0. The maximum absolute atomic E-state index is 13.4. The fourth-order valence-corrected chi connectivity index (χ4v) is 3.80. The van der Waals surface area contributed by atoms with E-state index in [1.807, 2.05) is 4.90 Å². The maximum Gasteiger partial charge on any atom is 0.246 e. The van der Waals surface area contributed by atoms with E-state index in [1.54, 1.807) is 48.7 Å². The molecule has 1 saturated heterocycles. The molecule has 33 heavy (non-hydrogen) atoms. The zero-order valence-electron chi connectivity index (χ0n) is 18.2. The minimum atomic E-state index is -0.416. The number of furan rings is 1. The largest absolute Gasteiger partial charge is 0.465 e. The van der Waals surface area contributed by atoms with Crippen LogP contribution in [0.4, 0.5) is 8.78 Å². The third-order valence-electron chi connectivity index (χ3n) is 5.65. The molecule has 1 aromatic heterocycles. The monoisotopic (exact) mass is 452 g/mol. The lowest BCUT2D eigenvalue weighted by molar-refractivity contribution is -0.127. The fraction of sp³-hybridized carbons (Fsp3) is 0.269. The van der Waals surface area contributed by atoms with Crippen molar-refractivity contribution < 1.29 is 22.7 Å². The Morgan fingerprint density at radius 3 is 2.09 bits per heavy atom. The van der Waals surface area contributed by atoms with Gasteiger partial charge in [-0.1, -0.05) is 24.3 Å². The van der Waals surface area contributed by atoms with Crippen LogP contribution in [0.1, 0.15) is 23.0 Å². The van der Waals surface area contributed by atoms with Crippen LogP contribution in [0.2, 0.25) is 0 Å². The molecule has 0 atom stereocenters. The summed E-state index contributed by atoms with van der Waals surface area (Å²) in [4.78, 5) is 16.4. The van der Waals surface area contributed by atoms with Crippen LogP contribution in [0.25, 0.3) is 6.08 Å². The molecule has 1 aliphatic heterocycles. The van der Waals surface area contributed by atoms with Crippen molar-refractivity contribution in [3.63, 3.8) is 0 Å². The van der Waals surface area contributed by atoms with E-state index in [-0.39, 0.29) is 17.5 Å². The topological polar surface area (TPSA) is 45.9 Å². The van der Waals surface area contributed by atoms with Gasteiger partial charge in [0.05, 0.1) is 12.9 Å². The van der Waals surface area contributed by atoms with Gasteiger partial charge < -0.3 is 14.1 Å². The Hall–Kier alpha value is -3.29. The van der Waals surface area contributed by atoms with Gasteiger partial charge in [-0.3, -0.25) is 9.69 Å². The summed E-state index contributed by atoms with van der Waals surface area (Å²) in [6.45, 7) is 3.93. The van der Waals surface area contributed by atoms with Crippen LogP contribution in [0.3, 0.4) is 0 Å². The number of carbonyl (C=O) groups is 1. The third kappa shape index (κ3) is 6.37. The molecule has 0 spiro atoms. The quantitative estimate of drug-likeness (QED) is 0.472. The molecule has 0 aliphatic carbocycles. The van der Waals surface area contributed by atoms with Gasteiger partial charge >= 0.3 is 0 Å². The van der Waals surface area contributed by atoms with Gasteiger partial charge in [0.25, 0.3) is 0 Å². The first kappa shape index (κ1) is 22.9. The van der Waals surface area contributed by atoms with Crippen molar-refractivity contribution in [1.29, 1.82) is 0 Å². The zero-order chi connectivity index (χ0) is 23.0. The molecule has 0 radical (unpaired) electrons. The number of halogens is 2. The highest BCUT2D eigenvalue weighted by Gasteiger charge is 2.21. The van der Waals surface area contributed by atoms with Crippen LogP contribution < -0.4 is 0 Å². The zero-order valence-corrected chi connectivity index (χ0v) is 18.2. The van der Waals surface area contributed by atoms with Gasteiger partial charge in [0.15, 0.2) is 0 Å². The summed E-state index contributed by atoms with van der Waals surface area (Å²) in [5.74, 6) is -0.0166. The summed E-state index contributed by atoms with van der Waals surface area (Å²) < 4.78 is 38.1. The lowest BCUT2D eigenvalue weighted by atomic mass is 10.0. The minimum Gasteiger partial charge on any atom is -0.465 e. The van der Waals surface area contributed by atoms with Crippen molar-refractivity contribution in [1.82, 2.24) is 9.80 Å². The second-order valence-electron chi connectivity index (χ2n) is 7.87. The fourth-order valence-electron chi connectivity index (χ4n) is 3.80. The first-order chi connectivity index (χ1) is 16.1. The summed E-state index contributed by atoms with van der Waals surface area (Å²) in [6, 6.07) is 15.9. The Labute approximate surface area is 191 Å². The second-order valence-corrected chi connectivity index (χ2v) is 7.87. The highest BCUT2D eigenvalue weighted by molar-refractivity contribution is 5.91. The molecule has 2 aromatic carbocycles. The average Bonchev–Trinajstić information content (AvgIpc) is 3.36. The molecule has 5 nitrogen and oxygen atoms in total. The normalized spacial score (nSPS) is 14.9. The number of hydrogen-bond donors (Lipinski definition) is 0. The molecule has 3 aromatic rings. The van der Waals surface area contributed by atoms with Gasteiger partial charge in [0.1, 0.15) is 23.5 Å². The van der Waals surface area contributed by atoms with Crippen molar-refractivity contribution in [2.24, 2.45) is 0 Å². The minimum absolute atomic E-state index is 0.0324. The Morgan fingerprint density at radius 2 is 1.55 bits per heavy atom. The molecule has 7 heteroatoms. The van der Waals surface area contributed by atoms with Gasteiger partial charge in [-0.2, -0.15) is 0 Å². The molecule has 2 heterocycles. The maximum atomic E-state index is 13.4. The van der Waals surface area contributed by atoms with Crippen LogP contribution in [0.5, 0.6) is 0 Å². The molecule has 0 bridgehead atoms. The first-order valence-electron chi connectivity index (χ1n) is 10.9. The number of rotatable bonds is 8. The van der Waals surface area contributed by atoms with Gasteiger partial charge in [0, 0.05) is 38.8 Å². The molecule has 0 unspecified atom stereocenters. The van der Waals surface area contributed by atoms with Gasteiger partial charge in [0.2, 0.25) is 5.91 Å². The molecular weight excluding hydrogens is 426 g/mol. The van der Waals surface area contributed by atoms with Crippen LogP contribution in [-0.2, 0) is 9.53 Å². The van der Waals surface area contributed by atoms with E-state index in [2.05, 4.69) is 4.90 Å². The number of nitrogens with zero attached hydrogens (tertiary/aromatic N) is 2. The molecule has 1 fully saturated rings. The van der Waals surface area contributed by atoms with Crippen LogP contribution >= 0.6 is 0 Å².